The maximum Gasteiger partial charge on any atom is 0.0645 e. The summed E-state index contributed by atoms with van der Waals surface area (Å²) in [6.45, 7) is 5.27. The highest BCUT2D eigenvalue weighted by Crippen LogP contribution is 2.26. The van der Waals surface area contributed by atoms with Crippen molar-refractivity contribution < 1.29 is 0 Å². The van der Waals surface area contributed by atoms with Gasteiger partial charge in [0.15, 0.2) is 0 Å². The standard InChI is InChI=1S/C16H26N4/c17-13-16(15-7-3-4-8-18-15)20-11-9-19(10-12-20)14-5-1-2-6-14/h3-4,7-8,14,16H,1-2,5-6,9-13,17H2. The molecule has 2 heterocycles. The van der Waals surface area contributed by atoms with E-state index in [1.54, 1.807) is 0 Å². The second-order valence-corrected chi connectivity index (χ2v) is 6.02. The zero-order valence-corrected chi connectivity index (χ0v) is 12.2. The molecule has 3 rings (SSSR count). The molecule has 0 radical (unpaired) electrons. The molecule has 0 spiro atoms. The maximum absolute atomic E-state index is 6.00. The Kier molecular flexibility index (Phi) is 4.65. The molecule has 1 aromatic rings. The predicted molar refractivity (Wildman–Crippen MR) is 81.4 cm³/mol. The summed E-state index contributed by atoms with van der Waals surface area (Å²) < 4.78 is 0. The van der Waals surface area contributed by atoms with E-state index in [0.29, 0.717) is 6.54 Å². The second kappa shape index (κ2) is 6.66. The number of hydrogen-bond acceptors (Lipinski definition) is 4. The normalized spacial score (nSPS) is 24.1. The second-order valence-electron chi connectivity index (χ2n) is 6.02. The number of hydrogen-bond donors (Lipinski definition) is 1. The third-order valence-electron chi connectivity index (χ3n) is 4.88. The summed E-state index contributed by atoms with van der Waals surface area (Å²) in [4.78, 5) is 9.68. The minimum Gasteiger partial charge on any atom is -0.329 e. The van der Waals surface area contributed by atoms with Crippen LogP contribution in [-0.4, -0.2) is 53.5 Å². The van der Waals surface area contributed by atoms with Crippen molar-refractivity contribution in [3.8, 4) is 0 Å². The number of piperazine rings is 1. The molecular formula is C16H26N4. The number of rotatable bonds is 4. The fraction of sp³-hybridized carbons (Fsp3) is 0.688. The molecule has 4 heteroatoms. The maximum atomic E-state index is 6.00. The lowest BCUT2D eigenvalue weighted by atomic mass is 10.1. The van der Waals surface area contributed by atoms with Crippen molar-refractivity contribution in [1.29, 1.82) is 0 Å². The molecule has 1 unspecified atom stereocenters. The number of aromatic nitrogens is 1. The van der Waals surface area contributed by atoms with Gasteiger partial charge in [-0.05, 0) is 25.0 Å². The molecule has 1 saturated heterocycles. The van der Waals surface area contributed by atoms with Crippen LogP contribution >= 0.6 is 0 Å². The quantitative estimate of drug-likeness (QED) is 0.906. The van der Waals surface area contributed by atoms with Crippen LogP contribution < -0.4 is 5.73 Å². The van der Waals surface area contributed by atoms with Crippen molar-refractivity contribution in [1.82, 2.24) is 14.8 Å². The molecule has 2 N–H and O–H groups in total. The summed E-state index contributed by atoms with van der Waals surface area (Å²) in [5.41, 5.74) is 7.11. The fourth-order valence-electron chi connectivity index (χ4n) is 3.71. The molecule has 20 heavy (non-hydrogen) atoms. The zero-order valence-electron chi connectivity index (χ0n) is 12.2. The van der Waals surface area contributed by atoms with E-state index in [-0.39, 0.29) is 6.04 Å². The molecule has 1 atom stereocenters. The van der Waals surface area contributed by atoms with Crippen LogP contribution in [0, 0.1) is 0 Å². The summed E-state index contributed by atoms with van der Waals surface area (Å²) in [6.07, 6.45) is 7.52. The van der Waals surface area contributed by atoms with E-state index < -0.39 is 0 Å². The van der Waals surface area contributed by atoms with Crippen molar-refractivity contribution in [2.24, 2.45) is 5.73 Å². The Morgan fingerprint density at radius 3 is 2.50 bits per heavy atom. The lowest BCUT2D eigenvalue weighted by Crippen LogP contribution is -2.51. The topological polar surface area (TPSA) is 45.4 Å². The highest BCUT2D eigenvalue weighted by molar-refractivity contribution is 5.10. The Labute approximate surface area is 122 Å². The van der Waals surface area contributed by atoms with Gasteiger partial charge in [0, 0.05) is 45.0 Å². The van der Waals surface area contributed by atoms with Crippen LogP contribution in [0.2, 0.25) is 0 Å². The lowest BCUT2D eigenvalue weighted by molar-refractivity contribution is 0.0710. The van der Waals surface area contributed by atoms with Crippen molar-refractivity contribution in [2.75, 3.05) is 32.7 Å². The number of pyridine rings is 1. The van der Waals surface area contributed by atoms with Gasteiger partial charge in [-0.2, -0.15) is 0 Å². The molecule has 2 aliphatic rings. The molecule has 1 saturated carbocycles. The monoisotopic (exact) mass is 274 g/mol. The van der Waals surface area contributed by atoms with Gasteiger partial charge >= 0.3 is 0 Å². The van der Waals surface area contributed by atoms with E-state index in [0.717, 1.165) is 24.8 Å². The first-order valence-corrected chi connectivity index (χ1v) is 7.97. The van der Waals surface area contributed by atoms with Gasteiger partial charge in [0.1, 0.15) is 0 Å². The van der Waals surface area contributed by atoms with Gasteiger partial charge in [-0.3, -0.25) is 14.8 Å². The van der Waals surface area contributed by atoms with Crippen molar-refractivity contribution in [2.45, 2.75) is 37.8 Å². The van der Waals surface area contributed by atoms with Gasteiger partial charge in [-0.15, -0.1) is 0 Å². The smallest absolute Gasteiger partial charge is 0.0645 e. The number of nitrogens with two attached hydrogens (primary N) is 1. The molecule has 0 amide bonds. The zero-order chi connectivity index (χ0) is 13.8. The van der Waals surface area contributed by atoms with Crippen molar-refractivity contribution in [3.63, 3.8) is 0 Å². The van der Waals surface area contributed by atoms with E-state index in [1.807, 2.05) is 12.3 Å². The third-order valence-corrected chi connectivity index (χ3v) is 4.88. The van der Waals surface area contributed by atoms with Crippen LogP contribution in [0.15, 0.2) is 24.4 Å². The van der Waals surface area contributed by atoms with Crippen LogP contribution in [0.25, 0.3) is 0 Å². The van der Waals surface area contributed by atoms with E-state index >= 15 is 0 Å². The molecule has 1 aliphatic heterocycles. The summed E-state index contributed by atoms with van der Waals surface area (Å²) in [5, 5.41) is 0. The molecule has 1 aliphatic carbocycles. The van der Waals surface area contributed by atoms with Crippen LogP contribution in [0.5, 0.6) is 0 Å². The summed E-state index contributed by atoms with van der Waals surface area (Å²) >= 11 is 0. The Balaban J connectivity index is 1.59. The molecule has 0 aromatic carbocycles. The molecule has 4 nitrogen and oxygen atoms in total. The molecule has 0 bridgehead atoms. The molecular weight excluding hydrogens is 248 g/mol. The lowest BCUT2D eigenvalue weighted by Gasteiger charge is -2.41. The largest absolute Gasteiger partial charge is 0.329 e. The Morgan fingerprint density at radius 1 is 1.15 bits per heavy atom. The SMILES string of the molecule is NCC(c1ccccn1)N1CCN(C2CCCC2)CC1. The highest BCUT2D eigenvalue weighted by Gasteiger charge is 2.29. The minimum atomic E-state index is 0.280. The fourth-order valence-corrected chi connectivity index (χ4v) is 3.71. The van der Waals surface area contributed by atoms with Crippen LogP contribution in [-0.2, 0) is 0 Å². The molecule has 110 valence electrons. The van der Waals surface area contributed by atoms with Crippen molar-refractivity contribution in [3.05, 3.63) is 30.1 Å². The van der Waals surface area contributed by atoms with E-state index in [2.05, 4.69) is 26.9 Å². The first-order chi connectivity index (χ1) is 9.88. The first-order valence-electron chi connectivity index (χ1n) is 7.97. The average Bonchev–Trinajstić information content (AvgIpc) is 3.04. The van der Waals surface area contributed by atoms with Crippen LogP contribution in [0.4, 0.5) is 0 Å². The Morgan fingerprint density at radius 2 is 1.90 bits per heavy atom. The first kappa shape index (κ1) is 14.0. The van der Waals surface area contributed by atoms with Gasteiger partial charge in [0.2, 0.25) is 0 Å². The number of nitrogens with zero attached hydrogens (tertiary/aromatic N) is 3. The van der Waals surface area contributed by atoms with Gasteiger partial charge in [-0.1, -0.05) is 18.9 Å². The van der Waals surface area contributed by atoms with Gasteiger partial charge < -0.3 is 5.73 Å². The van der Waals surface area contributed by atoms with Crippen molar-refractivity contribution >= 4 is 0 Å². The Hall–Kier alpha value is -0.970. The average molecular weight is 274 g/mol. The summed E-state index contributed by atoms with van der Waals surface area (Å²) in [6, 6.07) is 7.25. The minimum absolute atomic E-state index is 0.280. The van der Waals surface area contributed by atoms with Crippen LogP contribution in [0.3, 0.4) is 0 Å². The van der Waals surface area contributed by atoms with E-state index in [4.69, 9.17) is 5.73 Å². The van der Waals surface area contributed by atoms with Crippen LogP contribution in [0.1, 0.15) is 37.4 Å². The van der Waals surface area contributed by atoms with E-state index in [1.165, 1.54) is 38.8 Å². The van der Waals surface area contributed by atoms with Gasteiger partial charge in [0.25, 0.3) is 0 Å². The van der Waals surface area contributed by atoms with Gasteiger partial charge in [-0.25, -0.2) is 0 Å². The molecule has 1 aromatic heterocycles. The summed E-state index contributed by atoms with van der Waals surface area (Å²) in [7, 11) is 0. The third kappa shape index (κ3) is 3.03. The van der Waals surface area contributed by atoms with E-state index in [9.17, 15) is 0 Å². The summed E-state index contributed by atoms with van der Waals surface area (Å²) in [5.74, 6) is 0. The molecule has 2 fully saturated rings. The highest BCUT2D eigenvalue weighted by atomic mass is 15.3. The van der Waals surface area contributed by atoms with Gasteiger partial charge in [0.05, 0.1) is 11.7 Å². The Bertz CT molecular complexity index is 394. The predicted octanol–water partition coefficient (Wildman–Crippen LogP) is 1.64.